The van der Waals surface area contributed by atoms with Gasteiger partial charge in [0.2, 0.25) is 0 Å². The van der Waals surface area contributed by atoms with Crippen LogP contribution < -0.4 is 5.73 Å². The molecule has 1 aliphatic heterocycles. The maximum Gasteiger partial charge on any atom is 0.410 e. The molecule has 0 spiro atoms. The molecule has 0 bridgehead atoms. The summed E-state index contributed by atoms with van der Waals surface area (Å²) in [7, 11) is 0. The van der Waals surface area contributed by atoms with Crippen molar-refractivity contribution in [2.24, 2.45) is 5.73 Å². The summed E-state index contributed by atoms with van der Waals surface area (Å²) in [6.45, 7) is 7.09. The van der Waals surface area contributed by atoms with Crippen molar-refractivity contribution in [3.63, 3.8) is 0 Å². The maximum absolute atomic E-state index is 12.5. The summed E-state index contributed by atoms with van der Waals surface area (Å²) in [6.07, 6.45) is 0.341. The number of benzene rings is 1. The van der Waals surface area contributed by atoms with E-state index in [-0.39, 0.29) is 12.6 Å². The highest BCUT2D eigenvalue weighted by atomic mass is 35.5. The van der Waals surface area contributed by atoms with Gasteiger partial charge in [0, 0.05) is 19.7 Å². The molecule has 7 heteroatoms. The van der Waals surface area contributed by atoms with E-state index in [2.05, 4.69) is 0 Å². The molecule has 2 rings (SSSR count). The van der Waals surface area contributed by atoms with Crippen LogP contribution in [0.15, 0.2) is 18.2 Å². The van der Waals surface area contributed by atoms with Crippen LogP contribution in [0.25, 0.3) is 0 Å². The molecule has 24 heavy (non-hydrogen) atoms. The number of nitrogens with zero attached hydrogens (tertiary/aromatic N) is 1. The lowest BCUT2D eigenvalue weighted by Gasteiger charge is -2.36. The van der Waals surface area contributed by atoms with Crippen LogP contribution in [-0.4, -0.2) is 42.8 Å². The Kier molecular flexibility index (Phi) is 6.02. The molecule has 2 N–H and O–H groups in total. The van der Waals surface area contributed by atoms with Gasteiger partial charge >= 0.3 is 6.09 Å². The second kappa shape index (κ2) is 7.48. The highest BCUT2D eigenvalue weighted by Crippen LogP contribution is 2.33. The minimum atomic E-state index is -0.832. The van der Waals surface area contributed by atoms with Gasteiger partial charge in [-0.05, 0) is 44.9 Å². The number of hydrogen-bond acceptors (Lipinski definition) is 4. The van der Waals surface area contributed by atoms with Gasteiger partial charge in [0.25, 0.3) is 0 Å². The summed E-state index contributed by atoms with van der Waals surface area (Å²) < 4.78 is 11.5. The fourth-order valence-corrected chi connectivity index (χ4v) is 2.93. The van der Waals surface area contributed by atoms with Crippen LogP contribution in [0.3, 0.4) is 0 Å². The average Bonchev–Trinajstić information content (AvgIpc) is 2.72. The van der Waals surface area contributed by atoms with E-state index in [9.17, 15) is 4.79 Å². The second-order valence-electron chi connectivity index (χ2n) is 6.93. The molecule has 1 aliphatic rings. The van der Waals surface area contributed by atoms with Crippen molar-refractivity contribution in [3.8, 4) is 0 Å². The SMILES string of the molecule is CC(C)(C)OC(=O)N1CCCOC(CN)(c2ccc(Cl)c(Cl)c2)C1. The third-order valence-electron chi connectivity index (χ3n) is 3.82. The first-order valence-corrected chi connectivity index (χ1v) is 8.70. The average molecular weight is 375 g/mol. The monoisotopic (exact) mass is 374 g/mol. The third-order valence-corrected chi connectivity index (χ3v) is 4.56. The first-order valence-electron chi connectivity index (χ1n) is 7.94. The highest BCUT2D eigenvalue weighted by molar-refractivity contribution is 6.42. The fourth-order valence-electron chi connectivity index (χ4n) is 2.63. The van der Waals surface area contributed by atoms with Crippen molar-refractivity contribution >= 4 is 29.3 Å². The summed E-state index contributed by atoms with van der Waals surface area (Å²) in [6, 6.07) is 5.29. The second-order valence-corrected chi connectivity index (χ2v) is 7.75. The lowest BCUT2D eigenvalue weighted by molar-refractivity contribution is -0.0480. The summed E-state index contributed by atoms with van der Waals surface area (Å²) in [4.78, 5) is 14.1. The molecular weight excluding hydrogens is 351 g/mol. The van der Waals surface area contributed by atoms with E-state index < -0.39 is 11.2 Å². The van der Waals surface area contributed by atoms with E-state index in [4.69, 9.17) is 38.4 Å². The van der Waals surface area contributed by atoms with Crippen molar-refractivity contribution in [2.75, 3.05) is 26.2 Å². The number of nitrogens with two attached hydrogens (primary N) is 1. The Hall–Kier alpha value is -1.01. The summed E-state index contributed by atoms with van der Waals surface area (Å²) in [5.41, 5.74) is 5.45. The first-order chi connectivity index (χ1) is 11.2. The number of carbonyl (C=O) groups excluding carboxylic acids is 1. The van der Waals surface area contributed by atoms with E-state index in [0.717, 1.165) is 5.56 Å². The van der Waals surface area contributed by atoms with Crippen molar-refractivity contribution in [3.05, 3.63) is 33.8 Å². The third kappa shape index (κ3) is 4.54. The Morgan fingerprint density at radius 2 is 2.08 bits per heavy atom. The van der Waals surface area contributed by atoms with E-state index >= 15 is 0 Å². The number of rotatable bonds is 2. The van der Waals surface area contributed by atoms with Crippen LogP contribution in [0.5, 0.6) is 0 Å². The molecule has 1 amide bonds. The molecule has 0 saturated carbocycles. The molecule has 1 unspecified atom stereocenters. The van der Waals surface area contributed by atoms with Gasteiger partial charge in [0.15, 0.2) is 0 Å². The minimum absolute atomic E-state index is 0.213. The molecule has 1 heterocycles. The largest absolute Gasteiger partial charge is 0.444 e. The Bertz CT molecular complexity index is 604. The van der Waals surface area contributed by atoms with Crippen LogP contribution in [0.2, 0.25) is 10.0 Å². The van der Waals surface area contributed by atoms with Crippen molar-refractivity contribution in [1.29, 1.82) is 0 Å². The zero-order valence-electron chi connectivity index (χ0n) is 14.3. The van der Waals surface area contributed by atoms with Crippen LogP contribution in [0, 0.1) is 0 Å². The Balaban J connectivity index is 2.30. The van der Waals surface area contributed by atoms with E-state index in [1.807, 2.05) is 26.8 Å². The normalized spacial score (nSPS) is 22.2. The number of hydrogen-bond donors (Lipinski definition) is 1. The summed E-state index contributed by atoms with van der Waals surface area (Å²) in [5, 5.41) is 0.892. The van der Waals surface area contributed by atoms with Gasteiger partial charge in [-0.15, -0.1) is 0 Å². The Morgan fingerprint density at radius 3 is 2.67 bits per heavy atom. The molecule has 1 aromatic carbocycles. The molecule has 5 nitrogen and oxygen atoms in total. The Morgan fingerprint density at radius 1 is 1.38 bits per heavy atom. The topological polar surface area (TPSA) is 64.8 Å². The Labute approximate surface area is 153 Å². The lowest BCUT2D eigenvalue weighted by atomic mass is 9.93. The molecule has 0 aromatic heterocycles. The zero-order valence-corrected chi connectivity index (χ0v) is 15.8. The van der Waals surface area contributed by atoms with Gasteiger partial charge in [-0.2, -0.15) is 0 Å². The predicted octanol–water partition coefficient (Wildman–Crippen LogP) is 3.80. The summed E-state index contributed by atoms with van der Waals surface area (Å²) >= 11 is 12.1. The van der Waals surface area contributed by atoms with Crippen molar-refractivity contribution < 1.29 is 14.3 Å². The van der Waals surface area contributed by atoms with Crippen molar-refractivity contribution in [2.45, 2.75) is 38.4 Å². The molecule has 0 aliphatic carbocycles. The number of carbonyl (C=O) groups is 1. The molecular formula is C17H24Cl2N2O3. The standard InChI is InChI=1S/C17H24Cl2N2O3/c1-16(2,3)24-15(22)21-7-4-8-23-17(10-20,11-21)12-5-6-13(18)14(19)9-12/h5-6,9H,4,7-8,10-11,20H2,1-3H3. The van der Waals surface area contributed by atoms with Gasteiger partial charge in [0.1, 0.15) is 11.2 Å². The molecule has 134 valence electrons. The number of ether oxygens (including phenoxy) is 2. The van der Waals surface area contributed by atoms with Crippen LogP contribution >= 0.6 is 23.2 Å². The molecule has 1 fully saturated rings. The molecule has 1 aromatic rings. The van der Waals surface area contributed by atoms with Crippen LogP contribution in [0.1, 0.15) is 32.8 Å². The van der Waals surface area contributed by atoms with Crippen molar-refractivity contribution in [1.82, 2.24) is 4.90 Å². The van der Waals surface area contributed by atoms with Gasteiger partial charge < -0.3 is 20.1 Å². The van der Waals surface area contributed by atoms with E-state index in [1.54, 1.807) is 17.0 Å². The number of amides is 1. The zero-order chi connectivity index (χ0) is 18.0. The number of halogens is 2. The fraction of sp³-hybridized carbons (Fsp3) is 0.588. The molecule has 1 saturated heterocycles. The quantitative estimate of drug-likeness (QED) is 0.854. The van der Waals surface area contributed by atoms with Crippen LogP contribution in [-0.2, 0) is 15.1 Å². The minimum Gasteiger partial charge on any atom is -0.444 e. The lowest BCUT2D eigenvalue weighted by Crippen LogP contribution is -2.49. The predicted molar refractivity (Wildman–Crippen MR) is 95.6 cm³/mol. The molecule has 1 atom stereocenters. The highest BCUT2D eigenvalue weighted by Gasteiger charge is 2.39. The van der Waals surface area contributed by atoms with E-state index in [0.29, 0.717) is 36.2 Å². The van der Waals surface area contributed by atoms with Crippen LogP contribution in [0.4, 0.5) is 4.79 Å². The van der Waals surface area contributed by atoms with Gasteiger partial charge in [-0.25, -0.2) is 4.79 Å². The first kappa shape index (κ1) is 19.3. The van der Waals surface area contributed by atoms with Gasteiger partial charge in [-0.1, -0.05) is 29.3 Å². The smallest absolute Gasteiger partial charge is 0.410 e. The maximum atomic E-state index is 12.5. The van der Waals surface area contributed by atoms with Gasteiger partial charge in [0.05, 0.1) is 16.6 Å². The molecule has 0 radical (unpaired) electrons. The van der Waals surface area contributed by atoms with E-state index in [1.165, 1.54) is 0 Å². The summed E-state index contributed by atoms with van der Waals surface area (Å²) in [5.74, 6) is 0. The van der Waals surface area contributed by atoms with Gasteiger partial charge in [-0.3, -0.25) is 0 Å².